The summed E-state index contributed by atoms with van der Waals surface area (Å²) in [7, 11) is -4.26. The minimum Gasteiger partial charge on any atom is -0.363 e. The Morgan fingerprint density at radius 3 is 1.83 bits per heavy atom. The van der Waals surface area contributed by atoms with Crippen LogP contribution in [0.5, 0.6) is 0 Å². The van der Waals surface area contributed by atoms with Crippen molar-refractivity contribution < 1.29 is 13.0 Å². The van der Waals surface area contributed by atoms with E-state index in [9.17, 15) is 13.0 Å². The van der Waals surface area contributed by atoms with Crippen LogP contribution < -0.4 is 9.62 Å². The molecule has 0 radical (unpaired) electrons. The van der Waals surface area contributed by atoms with Crippen molar-refractivity contribution in [3.8, 4) is 0 Å². The first-order valence-corrected chi connectivity index (χ1v) is 13.1. The lowest BCUT2D eigenvalue weighted by Gasteiger charge is -2.23. The van der Waals surface area contributed by atoms with Crippen molar-refractivity contribution in [2.75, 3.05) is 9.62 Å². The van der Waals surface area contributed by atoms with Gasteiger partial charge in [0.2, 0.25) is 0 Å². The van der Waals surface area contributed by atoms with E-state index in [4.69, 9.17) is 0 Å². The summed E-state index contributed by atoms with van der Waals surface area (Å²) in [6, 6.07) is 7.22. The smallest absolute Gasteiger partial charge is 0.361 e. The molecule has 1 unspecified atom stereocenters. The maximum atomic E-state index is 11.8. The third kappa shape index (κ3) is 8.55. The fourth-order valence-corrected chi connectivity index (χ4v) is 5.09. The van der Waals surface area contributed by atoms with Gasteiger partial charge in [-0.1, -0.05) is 103 Å². The summed E-state index contributed by atoms with van der Waals surface area (Å²) in [5, 5.41) is 3.22. The molecular formula is C23H40N2O3S. The van der Waals surface area contributed by atoms with Crippen LogP contribution in [0.15, 0.2) is 24.3 Å². The van der Waals surface area contributed by atoms with Crippen LogP contribution in [0, 0.1) is 0 Å². The molecule has 6 heteroatoms. The van der Waals surface area contributed by atoms with Gasteiger partial charge in [0, 0.05) is 0 Å². The molecule has 2 rings (SSSR count). The van der Waals surface area contributed by atoms with Crippen molar-refractivity contribution in [3.63, 3.8) is 0 Å². The highest BCUT2D eigenvalue weighted by molar-refractivity contribution is 7.87. The summed E-state index contributed by atoms with van der Waals surface area (Å²) in [5.41, 5.74) is 1.30. The monoisotopic (exact) mass is 424 g/mol. The number of para-hydroxylation sites is 2. The molecule has 0 aliphatic carbocycles. The summed E-state index contributed by atoms with van der Waals surface area (Å²) in [6.07, 6.45) is 18.5. The van der Waals surface area contributed by atoms with Crippen molar-refractivity contribution in [1.82, 2.24) is 0 Å². The van der Waals surface area contributed by atoms with Crippen molar-refractivity contribution in [2.24, 2.45) is 0 Å². The Bertz CT molecular complexity index is 678. The van der Waals surface area contributed by atoms with Crippen molar-refractivity contribution in [1.29, 1.82) is 0 Å². The van der Waals surface area contributed by atoms with Crippen LogP contribution in [0.2, 0.25) is 0 Å². The standard InChI is InChI=1S/C23H40N2O3S/c1-2-3-4-5-6-7-8-9-10-11-12-13-14-15-20-23-24-21-18-16-17-19-22(21)25(23)29(26,27)28/h16-19,23-24H,2-15,20H2,1H3,(H,26,27,28). The summed E-state index contributed by atoms with van der Waals surface area (Å²) < 4.78 is 34.3. The SMILES string of the molecule is CCCCCCCCCCCCCCCCC1Nc2ccccc2N1S(=O)(=O)O. The van der Waals surface area contributed by atoms with Gasteiger partial charge in [-0.3, -0.25) is 4.55 Å². The molecule has 5 nitrogen and oxygen atoms in total. The first-order valence-electron chi connectivity index (χ1n) is 11.7. The molecule has 1 aliphatic heterocycles. The van der Waals surface area contributed by atoms with Crippen LogP contribution in [0.3, 0.4) is 0 Å². The second-order valence-electron chi connectivity index (χ2n) is 8.34. The van der Waals surface area contributed by atoms with E-state index >= 15 is 0 Å². The van der Waals surface area contributed by atoms with E-state index in [1.807, 2.05) is 12.1 Å². The Labute approximate surface area is 178 Å². The van der Waals surface area contributed by atoms with Crippen molar-refractivity contribution in [3.05, 3.63) is 24.3 Å². The minimum absolute atomic E-state index is 0.389. The van der Waals surface area contributed by atoms with Gasteiger partial charge in [-0.05, 0) is 25.0 Å². The Hall–Kier alpha value is -1.27. The summed E-state index contributed by atoms with van der Waals surface area (Å²) in [6.45, 7) is 2.26. The zero-order chi connectivity index (χ0) is 21.0. The van der Waals surface area contributed by atoms with Crippen LogP contribution in [0.4, 0.5) is 11.4 Å². The van der Waals surface area contributed by atoms with Gasteiger partial charge in [0.25, 0.3) is 0 Å². The Balaban J connectivity index is 1.51. The molecule has 0 amide bonds. The molecule has 0 aromatic heterocycles. The van der Waals surface area contributed by atoms with Crippen molar-refractivity contribution in [2.45, 2.75) is 109 Å². The topological polar surface area (TPSA) is 69.6 Å². The lowest BCUT2D eigenvalue weighted by molar-refractivity contribution is 0.467. The number of nitrogens with one attached hydrogen (secondary N) is 1. The molecule has 1 aliphatic rings. The highest BCUT2D eigenvalue weighted by atomic mass is 32.2. The molecule has 1 atom stereocenters. The van der Waals surface area contributed by atoms with Gasteiger partial charge in [-0.15, -0.1) is 0 Å². The lowest BCUT2D eigenvalue weighted by Crippen LogP contribution is -2.40. The number of hydrogen-bond acceptors (Lipinski definition) is 3. The van der Waals surface area contributed by atoms with E-state index in [-0.39, 0.29) is 6.17 Å². The van der Waals surface area contributed by atoms with Crippen LogP contribution in [0.25, 0.3) is 0 Å². The number of rotatable bonds is 16. The molecular weight excluding hydrogens is 384 g/mol. The predicted octanol–water partition coefficient (Wildman–Crippen LogP) is 6.92. The van der Waals surface area contributed by atoms with E-state index in [2.05, 4.69) is 12.2 Å². The van der Waals surface area contributed by atoms with E-state index in [0.717, 1.165) is 22.8 Å². The molecule has 1 aromatic carbocycles. The molecule has 1 aromatic rings. The van der Waals surface area contributed by atoms with Crippen LogP contribution in [-0.2, 0) is 10.3 Å². The third-order valence-electron chi connectivity index (χ3n) is 5.83. The molecule has 0 spiro atoms. The zero-order valence-electron chi connectivity index (χ0n) is 18.1. The third-order valence-corrected chi connectivity index (χ3v) is 6.77. The fraction of sp³-hybridized carbons (Fsp3) is 0.739. The molecule has 0 saturated carbocycles. The maximum absolute atomic E-state index is 11.8. The molecule has 0 bridgehead atoms. The molecule has 166 valence electrons. The predicted molar refractivity (Wildman–Crippen MR) is 123 cm³/mol. The number of benzene rings is 1. The van der Waals surface area contributed by atoms with Gasteiger partial charge < -0.3 is 5.32 Å². The number of unbranched alkanes of at least 4 members (excludes halogenated alkanes) is 13. The van der Waals surface area contributed by atoms with Gasteiger partial charge in [-0.25, -0.2) is 4.31 Å². The number of fused-ring (bicyclic) bond motifs is 1. The first-order chi connectivity index (χ1) is 14.0. The second-order valence-corrected chi connectivity index (χ2v) is 9.62. The van der Waals surface area contributed by atoms with Gasteiger partial charge in [0.1, 0.15) is 6.17 Å². The van der Waals surface area contributed by atoms with E-state index < -0.39 is 10.3 Å². The lowest BCUT2D eigenvalue weighted by atomic mass is 10.0. The van der Waals surface area contributed by atoms with E-state index in [1.165, 1.54) is 77.0 Å². The van der Waals surface area contributed by atoms with E-state index in [0.29, 0.717) is 12.1 Å². The van der Waals surface area contributed by atoms with E-state index in [1.54, 1.807) is 12.1 Å². The minimum atomic E-state index is -4.26. The fourth-order valence-electron chi connectivity index (χ4n) is 4.20. The molecule has 29 heavy (non-hydrogen) atoms. The van der Waals surface area contributed by atoms with Crippen LogP contribution in [-0.4, -0.2) is 19.1 Å². The van der Waals surface area contributed by atoms with Gasteiger partial charge >= 0.3 is 10.3 Å². The number of anilines is 2. The van der Waals surface area contributed by atoms with Gasteiger partial charge in [-0.2, -0.15) is 8.42 Å². The average molecular weight is 425 g/mol. The molecule has 0 saturated heterocycles. The first kappa shape index (κ1) is 24.0. The maximum Gasteiger partial charge on any atom is 0.361 e. The van der Waals surface area contributed by atoms with Gasteiger partial charge in [0.05, 0.1) is 11.4 Å². The zero-order valence-corrected chi connectivity index (χ0v) is 18.9. The summed E-state index contributed by atoms with van der Waals surface area (Å²) >= 11 is 0. The summed E-state index contributed by atoms with van der Waals surface area (Å²) in [4.78, 5) is 0. The number of hydrogen-bond donors (Lipinski definition) is 2. The molecule has 2 N–H and O–H groups in total. The highest BCUT2D eigenvalue weighted by Gasteiger charge is 2.35. The molecule has 1 heterocycles. The highest BCUT2D eigenvalue weighted by Crippen LogP contribution is 2.37. The summed E-state index contributed by atoms with van der Waals surface area (Å²) in [5.74, 6) is 0. The average Bonchev–Trinajstić information content (AvgIpc) is 3.07. The van der Waals surface area contributed by atoms with Gasteiger partial charge in [0.15, 0.2) is 0 Å². The van der Waals surface area contributed by atoms with Crippen LogP contribution in [0.1, 0.15) is 103 Å². The molecule has 0 fully saturated rings. The Morgan fingerprint density at radius 2 is 1.31 bits per heavy atom. The quantitative estimate of drug-likeness (QED) is 0.223. The Morgan fingerprint density at radius 1 is 0.828 bits per heavy atom. The largest absolute Gasteiger partial charge is 0.363 e. The Kier molecular flexibility index (Phi) is 10.9. The number of nitrogens with zero attached hydrogens (tertiary/aromatic N) is 1. The normalized spacial score (nSPS) is 16.1. The second kappa shape index (κ2) is 13.1. The van der Waals surface area contributed by atoms with Crippen molar-refractivity contribution >= 4 is 21.7 Å². The van der Waals surface area contributed by atoms with Crippen LogP contribution >= 0.6 is 0 Å².